The van der Waals surface area contributed by atoms with Crippen LogP contribution < -0.4 is 10.6 Å². The Hall–Kier alpha value is -0.240. The maximum atomic E-state index is 12.3. The third-order valence-corrected chi connectivity index (χ3v) is 4.47. The number of amides is 1. The molecule has 0 aromatic rings. The van der Waals surface area contributed by atoms with E-state index in [2.05, 4.69) is 10.6 Å². The van der Waals surface area contributed by atoms with Crippen LogP contribution in [0.4, 0.5) is 13.2 Å². The van der Waals surface area contributed by atoms with E-state index < -0.39 is 12.7 Å². The third-order valence-electron chi connectivity index (χ3n) is 4.47. The lowest BCUT2D eigenvalue weighted by Gasteiger charge is -2.33. The molecule has 0 spiro atoms. The molecule has 2 aliphatic rings. The number of likely N-dealkylation sites (tertiary alicyclic amines) is 1. The second kappa shape index (κ2) is 9.30. The summed E-state index contributed by atoms with van der Waals surface area (Å²) in [5, 5.41) is 6.15. The second-order valence-corrected chi connectivity index (χ2v) is 6.56. The van der Waals surface area contributed by atoms with Gasteiger partial charge in [0.05, 0.1) is 12.0 Å². The van der Waals surface area contributed by atoms with Crippen LogP contribution in [0.1, 0.15) is 26.2 Å². The van der Waals surface area contributed by atoms with Crippen molar-refractivity contribution >= 4 is 30.7 Å². The monoisotopic (exact) mass is 379 g/mol. The minimum Gasteiger partial charge on any atom is -0.355 e. The molecule has 2 unspecified atom stereocenters. The van der Waals surface area contributed by atoms with Crippen molar-refractivity contribution in [2.45, 2.75) is 32.4 Å². The molecule has 2 aliphatic heterocycles. The van der Waals surface area contributed by atoms with Crippen LogP contribution in [0.25, 0.3) is 0 Å². The van der Waals surface area contributed by atoms with E-state index in [1.54, 1.807) is 0 Å². The van der Waals surface area contributed by atoms with Crippen molar-refractivity contribution < 1.29 is 18.0 Å². The fourth-order valence-corrected chi connectivity index (χ4v) is 3.18. The number of nitrogens with one attached hydrogen (secondary N) is 2. The smallest absolute Gasteiger partial charge is 0.355 e. The van der Waals surface area contributed by atoms with E-state index in [1.807, 2.05) is 6.92 Å². The number of nitrogens with zero attached hydrogens (tertiary/aromatic N) is 1. The van der Waals surface area contributed by atoms with Crippen LogP contribution in [0.5, 0.6) is 0 Å². The van der Waals surface area contributed by atoms with Gasteiger partial charge in [-0.15, -0.1) is 24.8 Å². The summed E-state index contributed by atoms with van der Waals surface area (Å²) in [6.07, 6.45) is -1.59. The first-order chi connectivity index (χ1) is 9.78. The predicted molar refractivity (Wildman–Crippen MR) is 88.3 cm³/mol. The molecular weight excluding hydrogens is 354 g/mol. The quantitative estimate of drug-likeness (QED) is 0.786. The topological polar surface area (TPSA) is 44.4 Å². The fraction of sp³-hybridized carbons (Fsp3) is 0.929. The molecule has 2 N–H and O–H groups in total. The zero-order valence-corrected chi connectivity index (χ0v) is 14.9. The Bertz CT molecular complexity index is 377. The van der Waals surface area contributed by atoms with E-state index in [9.17, 15) is 18.0 Å². The molecule has 0 bridgehead atoms. The maximum Gasteiger partial charge on any atom is 0.401 e. The largest absolute Gasteiger partial charge is 0.401 e. The Morgan fingerprint density at radius 2 is 2.09 bits per heavy atom. The minimum absolute atomic E-state index is 0. The Morgan fingerprint density at radius 1 is 1.39 bits per heavy atom. The highest BCUT2D eigenvalue weighted by Gasteiger charge is 2.36. The first-order valence-corrected chi connectivity index (χ1v) is 7.57. The van der Waals surface area contributed by atoms with Crippen molar-refractivity contribution in [3.8, 4) is 0 Å². The highest BCUT2D eigenvalue weighted by atomic mass is 35.5. The predicted octanol–water partition coefficient (Wildman–Crippen LogP) is 2.22. The average molecular weight is 380 g/mol. The molecule has 0 saturated carbocycles. The lowest BCUT2D eigenvalue weighted by atomic mass is 9.82. The van der Waals surface area contributed by atoms with Crippen LogP contribution in [0.2, 0.25) is 0 Å². The van der Waals surface area contributed by atoms with Gasteiger partial charge < -0.3 is 10.6 Å². The van der Waals surface area contributed by atoms with Gasteiger partial charge in [0.2, 0.25) is 5.91 Å². The van der Waals surface area contributed by atoms with E-state index in [-0.39, 0.29) is 42.1 Å². The normalized spacial score (nSPS) is 28.6. The number of alkyl halides is 3. The number of halogens is 5. The minimum atomic E-state index is -4.14. The molecule has 2 atom stereocenters. The zero-order valence-electron chi connectivity index (χ0n) is 13.2. The van der Waals surface area contributed by atoms with Gasteiger partial charge in [-0.05, 0) is 45.2 Å². The Balaban J connectivity index is 0.00000242. The molecule has 9 heteroatoms. The summed E-state index contributed by atoms with van der Waals surface area (Å²) in [5.74, 6) is 0.139. The molecule has 0 radical (unpaired) electrons. The molecule has 2 rings (SSSR count). The van der Waals surface area contributed by atoms with Gasteiger partial charge in [-0.2, -0.15) is 13.2 Å². The molecule has 0 aliphatic carbocycles. The second-order valence-electron chi connectivity index (χ2n) is 6.56. The number of carbonyl (C=O) groups excluding carboxylic acids is 1. The van der Waals surface area contributed by atoms with Crippen molar-refractivity contribution in [2.75, 3.05) is 39.3 Å². The number of hydrogen-bond donors (Lipinski definition) is 2. The van der Waals surface area contributed by atoms with E-state index in [0.717, 1.165) is 19.4 Å². The van der Waals surface area contributed by atoms with Gasteiger partial charge in [-0.1, -0.05) is 0 Å². The fourth-order valence-electron chi connectivity index (χ4n) is 3.18. The standard InChI is InChI=1S/C14H24F3N3O.2ClH/c1-13(4-2-5-18-9-13)12(21)19-7-11-3-6-20(8-11)10-14(15,16)17;;/h11,18H,2-10H2,1H3,(H,19,21);2*1H. The van der Waals surface area contributed by atoms with Crippen LogP contribution in [-0.4, -0.2) is 56.3 Å². The van der Waals surface area contributed by atoms with Gasteiger partial charge in [0.25, 0.3) is 0 Å². The summed E-state index contributed by atoms with van der Waals surface area (Å²) in [7, 11) is 0. The summed E-state index contributed by atoms with van der Waals surface area (Å²) >= 11 is 0. The Morgan fingerprint density at radius 3 is 2.65 bits per heavy atom. The third kappa shape index (κ3) is 7.03. The summed E-state index contributed by atoms with van der Waals surface area (Å²) in [6, 6.07) is 0. The maximum absolute atomic E-state index is 12.3. The van der Waals surface area contributed by atoms with Crippen LogP contribution in [0, 0.1) is 11.3 Å². The molecule has 4 nitrogen and oxygen atoms in total. The summed E-state index contributed by atoms with van der Waals surface area (Å²) in [4.78, 5) is 13.7. The van der Waals surface area contributed by atoms with Crippen LogP contribution in [0.15, 0.2) is 0 Å². The molecule has 2 fully saturated rings. The lowest BCUT2D eigenvalue weighted by molar-refractivity contribution is -0.144. The zero-order chi connectivity index (χ0) is 15.5. The van der Waals surface area contributed by atoms with E-state index in [0.29, 0.717) is 32.6 Å². The van der Waals surface area contributed by atoms with E-state index in [4.69, 9.17) is 0 Å². The number of rotatable bonds is 4. The average Bonchev–Trinajstić information content (AvgIpc) is 2.82. The van der Waals surface area contributed by atoms with Gasteiger partial charge in [0.1, 0.15) is 0 Å². The van der Waals surface area contributed by atoms with Crippen LogP contribution in [-0.2, 0) is 4.79 Å². The van der Waals surface area contributed by atoms with Gasteiger partial charge >= 0.3 is 6.18 Å². The van der Waals surface area contributed by atoms with Crippen molar-refractivity contribution in [1.82, 2.24) is 15.5 Å². The van der Waals surface area contributed by atoms with Crippen molar-refractivity contribution in [3.63, 3.8) is 0 Å². The van der Waals surface area contributed by atoms with E-state index in [1.165, 1.54) is 4.90 Å². The SMILES string of the molecule is CC1(C(=O)NCC2CCN(CC(F)(F)F)C2)CCCNC1.Cl.Cl. The van der Waals surface area contributed by atoms with Gasteiger partial charge in [-0.3, -0.25) is 9.69 Å². The first-order valence-electron chi connectivity index (χ1n) is 7.57. The summed E-state index contributed by atoms with van der Waals surface area (Å²) in [6.45, 7) is 4.05. The Kier molecular flexibility index (Phi) is 9.20. The first kappa shape index (κ1) is 22.8. The molecule has 2 saturated heterocycles. The molecule has 2 heterocycles. The molecule has 138 valence electrons. The van der Waals surface area contributed by atoms with Crippen molar-refractivity contribution in [3.05, 3.63) is 0 Å². The van der Waals surface area contributed by atoms with Gasteiger partial charge in [0, 0.05) is 19.6 Å². The number of carbonyl (C=O) groups is 1. The lowest BCUT2D eigenvalue weighted by Crippen LogP contribution is -2.49. The molecule has 0 aromatic heterocycles. The van der Waals surface area contributed by atoms with Crippen LogP contribution >= 0.6 is 24.8 Å². The van der Waals surface area contributed by atoms with Crippen LogP contribution in [0.3, 0.4) is 0 Å². The van der Waals surface area contributed by atoms with Gasteiger partial charge in [-0.25, -0.2) is 0 Å². The van der Waals surface area contributed by atoms with Gasteiger partial charge in [0.15, 0.2) is 0 Å². The molecule has 0 aromatic carbocycles. The van der Waals surface area contributed by atoms with Crippen molar-refractivity contribution in [2.24, 2.45) is 11.3 Å². The molecular formula is C14H26Cl2F3N3O. The van der Waals surface area contributed by atoms with Crippen molar-refractivity contribution in [1.29, 1.82) is 0 Å². The number of piperidine rings is 1. The highest BCUT2D eigenvalue weighted by molar-refractivity contribution is 5.85. The number of hydrogen-bond acceptors (Lipinski definition) is 3. The summed E-state index contributed by atoms with van der Waals surface area (Å²) in [5.41, 5.74) is -0.386. The molecule has 1 amide bonds. The Labute approximate surface area is 147 Å². The van der Waals surface area contributed by atoms with E-state index >= 15 is 0 Å². The summed E-state index contributed by atoms with van der Waals surface area (Å²) < 4.78 is 37.0. The highest BCUT2D eigenvalue weighted by Crippen LogP contribution is 2.26. The molecule has 23 heavy (non-hydrogen) atoms.